The molecule has 0 radical (unpaired) electrons. The summed E-state index contributed by atoms with van der Waals surface area (Å²) in [6, 6.07) is 0.843. The molecule has 1 unspecified atom stereocenters. The normalized spacial score (nSPS) is 17.7. The molecule has 2 rings (SSSR count). The van der Waals surface area contributed by atoms with E-state index in [1.807, 2.05) is 10.9 Å². The highest BCUT2D eigenvalue weighted by Crippen LogP contribution is 2.33. The lowest BCUT2D eigenvalue weighted by atomic mass is 10.1. The molecule has 0 saturated heterocycles. The minimum atomic E-state index is 0.311. The van der Waals surface area contributed by atoms with Crippen molar-refractivity contribution in [2.24, 2.45) is 11.7 Å². The highest BCUT2D eigenvalue weighted by Gasteiger charge is 2.30. The summed E-state index contributed by atoms with van der Waals surface area (Å²) >= 11 is 0. The van der Waals surface area contributed by atoms with Crippen LogP contribution in [0.4, 0.5) is 0 Å². The van der Waals surface area contributed by atoms with Gasteiger partial charge in [-0.3, -0.25) is 9.58 Å². The molecule has 1 atom stereocenters. The molecule has 4 heteroatoms. The highest BCUT2D eigenvalue weighted by atomic mass is 15.3. The maximum absolute atomic E-state index is 6.01. The predicted molar refractivity (Wildman–Crippen MR) is 74.3 cm³/mol. The van der Waals surface area contributed by atoms with Crippen LogP contribution in [-0.2, 0) is 6.54 Å². The van der Waals surface area contributed by atoms with Crippen LogP contribution in [-0.4, -0.2) is 33.8 Å². The van der Waals surface area contributed by atoms with Gasteiger partial charge < -0.3 is 5.73 Å². The summed E-state index contributed by atoms with van der Waals surface area (Å²) < 4.78 is 1.98. The van der Waals surface area contributed by atoms with Crippen LogP contribution < -0.4 is 5.73 Å². The molecule has 102 valence electrons. The molecule has 2 N–H and O–H groups in total. The SMILES string of the molecule is CCn1cc(C(CN)N(CC2CC2)C(C)C)cn1. The summed E-state index contributed by atoms with van der Waals surface area (Å²) in [5.74, 6) is 0.891. The molecule has 1 saturated carbocycles. The first-order chi connectivity index (χ1) is 8.65. The van der Waals surface area contributed by atoms with Crippen LogP contribution in [0.25, 0.3) is 0 Å². The number of nitrogens with two attached hydrogens (primary N) is 1. The molecule has 4 nitrogen and oxygen atoms in total. The molecule has 1 heterocycles. The zero-order valence-electron chi connectivity index (χ0n) is 11.8. The van der Waals surface area contributed by atoms with Crippen LogP contribution in [0.15, 0.2) is 12.4 Å². The Morgan fingerprint density at radius 3 is 2.67 bits per heavy atom. The second-order valence-corrected chi connectivity index (χ2v) is 5.61. The maximum Gasteiger partial charge on any atom is 0.0538 e. The van der Waals surface area contributed by atoms with Crippen molar-refractivity contribution in [2.45, 2.75) is 52.2 Å². The van der Waals surface area contributed by atoms with Gasteiger partial charge in [-0.15, -0.1) is 0 Å². The van der Waals surface area contributed by atoms with Gasteiger partial charge >= 0.3 is 0 Å². The summed E-state index contributed by atoms with van der Waals surface area (Å²) in [5, 5.41) is 4.37. The molecule has 1 aromatic heterocycles. The largest absolute Gasteiger partial charge is 0.329 e. The fraction of sp³-hybridized carbons (Fsp3) is 0.786. The van der Waals surface area contributed by atoms with Gasteiger partial charge in [0.05, 0.1) is 12.2 Å². The van der Waals surface area contributed by atoms with Crippen molar-refractivity contribution < 1.29 is 0 Å². The van der Waals surface area contributed by atoms with Gasteiger partial charge in [0.2, 0.25) is 0 Å². The van der Waals surface area contributed by atoms with Crippen LogP contribution in [0.2, 0.25) is 0 Å². The second-order valence-electron chi connectivity index (χ2n) is 5.61. The molecule has 1 aliphatic carbocycles. The third kappa shape index (κ3) is 3.12. The number of hydrogen-bond donors (Lipinski definition) is 1. The number of aromatic nitrogens is 2. The van der Waals surface area contributed by atoms with Crippen molar-refractivity contribution in [3.8, 4) is 0 Å². The average molecular weight is 250 g/mol. The number of aryl methyl sites for hydroxylation is 1. The zero-order chi connectivity index (χ0) is 13.1. The Balaban J connectivity index is 2.12. The van der Waals surface area contributed by atoms with E-state index in [4.69, 9.17) is 5.73 Å². The first-order valence-electron chi connectivity index (χ1n) is 7.13. The van der Waals surface area contributed by atoms with Gasteiger partial charge in [-0.05, 0) is 39.5 Å². The molecule has 0 bridgehead atoms. The summed E-state index contributed by atoms with van der Waals surface area (Å²) in [7, 11) is 0. The van der Waals surface area contributed by atoms with E-state index in [1.54, 1.807) is 0 Å². The Kier molecular flexibility index (Phi) is 4.40. The third-order valence-electron chi connectivity index (χ3n) is 3.81. The lowest BCUT2D eigenvalue weighted by Gasteiger charge is -2.34. The fourth-order valence-electron chi connectivity index (χ4n) is 2.48. The highest BCUT2D eigenvalue weighted by molar-refractivity contribution is 5.12. The molecule has 0 amide bonds. The first-order valence-corrected chi connectivity index (χ1v) is 7.13. The van der Waals surface area contributed by atoms with Gasteiger partial charge in [0.25, 0.3) is 0 Å². The van der Waals surface area contributed by atoms with E-state index < -0.39 is 0 Å². The second kappa shape index (κ2) is 5.85. The lowest BCUT2D eigenvalue weighted by molar-refractivity contribution is 0.149. The van der Waals surface area contributed by atoms with Crippen molar-refractivity contribution >= 4 is 0 Å². The predicted octanol–water partition coefficient (Wildman–Crippen LogP) is 2.02. The molecular weight excluding hydrogens is 224 g/mol. The zero-order valence-corrected chi connectivity index (χ0v) is 11.8. The van der Waals surface area contributed by atoms with Crippen LogP contribution in [0.3, 0.4) is 0 Å². The van der Waals surface area contributed by atoms with E-state index in [-0.39, 0.29) is 0 Å². The van der Waals surface area contributed by atoms with E-state index >= 15 is 0 Å². The maximum atomic E-state index is 6.01. The van der Waals surface area contributed by atoms with E-state index in [0.29, 0.717) is 18.6 Å². The Morgan fingerprint density at radius 2 is 2.22 bits per heavy atom. The Bertz CT molecular complexity index is 368. The third-order valence-corrected chi connectivity index (χ3v) is 3.81. The van der Waals surface area contributed by atoms with Gasteiger partial charge in [0.15, 0.2) is 0 Å². The summed E-state index contributed by atoms with van der Waals surface area (Å²) in [6.45, 7) is 9.39. The molecule has 0 spiro atoms. The van der Waals surface area contributed by atoms with E-state index in [2.05, 4.69) is 37.0 Å². The van der Waals surface area contributed by atoms with Gasteiger partial charge in [0, 0.05) is 37.4 Å². The molecule has 18 heavy (non-hydrogen) atoms. The lowest BCUT2D eigenvalue weighted by Crippen LogP contribution is -2.39. The average Bonchev–Trinajstić information content (AvgIpc) is 3.05. The van der Waals surface area contributed by atoms with E-state index in [9.17, 15) is 0 Å². The van der Waals surface area contributed by atoms with E-state index in [1.165, 1.54) is 24.9 Å². The Hall–Kier alpha value is -0.870. The van der Waals surface area contributed by atoms with Crippen LogP contribution >= 0.6 is 0 Å². The first kappa shape index (κ1) is 13.6. The summed E-state index contributed by atoms with van der Waals surface area (Å²) in [6.07, 6.45) is 6.88. The molecule has 1 aromatic rings. The molecule has 1 aliphatic rings. The quantitative estimate of drug-likeness (QED) is 0.805. The minimum Gasteiger partial charge on any atom is -0.329 e. The van der Waals surface area contributed by atoms with Crippen LogP contribution in [0.1, 0.15) is 45.2 Å². The van der Waals surface area contributed by atoms with Crippen molar-refractivity contribution in [1.29, 1.82) is 0 Å². The van der Waals surface area contributed by atoms with Gasteiger partial charge in [-0.25, -0.2) is 0 Å². The molecule has 0 aromatic carbocycles. The van der Waals surface area contributed by atoms with Crippen molar-refractivity contribution in [3.63, 3.8) is 0 Å². The molecule has 0 aliphatic heterocycles. The van der Waals surface area contributed by atoms with Crippen LogP contribution in [0.5, 0.6) is 0 Å². The number of hydrogen-bond acceptors (Lipinski definition) is 3. The molecular formula is C14H26N4. The Morgan fingerprint density at radius 1 is 1.50 bits per heavy atom. The monoisotopic (exact) mass is 250 g/mol. The summed E-state index contributed by atoms with van der Waals surface area (Å²) in [5.41, 5.74) is 7.27. The smallest absolute Gasteiger partial charge is 0.0538 e. The molecule has 1 fully saturated rings. The number of rotatable bonds is 7. The van der Waals surface area contributed by atoms with Gasteiger partial charge in [0.1, 0.15) is 0 Å². The number of nitrogens with zero attached hydrogens (tertiary/aromatic N) is 3. The topological polar surface area (TPSA) is 47.1 Å². The van der Waals surface area contributed by atoms with Crippen molar-refractivity contribution in [3.05, 3.63) is 18.0 Å². The Labute approximate surface area is 110 Å². The van der Waals surface area contributed by atoms with Crippen molar-refractivity contribution in [2.75, 3.05) is 13.1 Å². The summed E-state index contributed by atoms with van der Waals surface area (Å²) in [4.78, 5) is 2.54. The fourth-order valence-corrected chi connectivity index (χ4v) is 2.48. The van der Waals surface area contributed by atoms with Crippen LogP contribution in [0, 0.1) is 5.92 Å². The van der Waals surface area contributed by atoms with Gasteiger partial charge in [-0.1, -0.05) is 0 Å². The van der Waals surface area contributed by atoms with Gasteiger partial charge in [-0.2, -0.15) is 5.10 Å². The van der Waals surface area contributed by atoms with E-state index in [0.717, 1.165) is 12.5 Å². The standard InChI is InChI=1S/C14H26N4/c1-4-17-10-13(8-16-17)14(7-15)18(11(2)3)9-12-5-6-12/h8,10-12,14H,4-7,9,15H2,1-3H3. The van der Waals surface area contributed by atoms with Crippen molar-refractivity contribution in [1.82, 2.24) is 14.7 Å². The minimum absolute atomic E-state index is 0.311.